The summed E-state index contributed by atoms with van der Waals surface area (Å²) in [5.74, 6) is -0.587. The summed E-state index contributed by atoms with van der Waals surface area (Å²) in [6.45, 7) is 14.5. The number of piperazine rings is 1. The van der Waals surface area contributed by atoms with E-state index in [2.05, 4.69) is 55.8 Å². The Hall–Kier alpha value is -6.21. The van der Waals surface area contributed by atoms with Crippen molar-refractivity contribution in [3.63, 3.8) is 0 Å². The third-order valence-electron chi connectivity index (χ3n) is 12.4. The number of morpholine rings is 1. The minimum absolute atomic E-state index is 0.00732. The fraction of sp³-hybridized carbons (Fsp3) is 0.408. The van der Waals surface area contributed by atoms with Crippen molar-refractivity contribution in [2.45, 2.75) is 70.4 Å². The number of aromatic amines is 1. The predicted octanol–water partition coefficient (Wildman–Crippen LogP) is 8.87. The monoisotopic (exact) mass is 968 g/mol. The van der Waals surface area contributed by atoms with Crippen LogP contribution in [0.2, 0.25) is 5.02 Å². The number of hydrogen-bond donors (Lipinski definition) is 3. The van der Waals surface area contributed by atoms with Gasteiger partial charge in [0.1, 0.15) is 28.4 Å². The molecular weight excluding hydrogens is 912 g/mol. The number of aromatic nitrogens is 2. The second-order valence-electron chi connectivity index (χ2n) is 19.2. The summed E-state index contributed by atoms with van der Waals surface area (Å²) in [6.07, 6.45) is 5.86. The van der Waals surface area contributed by atoms with E-state index < -0.39 is 49.2 Å². The highest BCUT2D eigenvalue weighted by molar-refractivity contribution is 7.90. The molecule has 19 heteroatoms. The van der Waals surface area contributed by atoms with Gasteiger partial charge in [-0.15, -0.1) is 0 Å². The van der Waals surface area contributed by atoms with E-state index in [9.17, 15) is 28.1 Å². The lowest BCUT2D eigenvalue weighted by Gasteiger charge is -2.39. The number of nitro benzene ring substituents is 1. The molecule has 0 radical (unpaired) electrons. The molecule has 2 aliphatic heterocycles. The van der Waals surface area contributed by atoms with Crippen LogP contribution in [-0.4, -0.2) is 116 Å². The van der Waals surface area contributed by atoms with Gasteiger partial charge in [0.2, 0.25) is 0 Å². The van der Waals surface area contributed by atoms with Gasteiger partial charge in [-0.1, -0.05) is 43.2 Å². The second kappa shape index (κ2) is 19.8. The van der Waals surface area contributed by atoms with E-state index in [4.69, 9.17) is 25.8 Å². The summed E-state index contributed by atoms with van der Waals surface area (Å²) in [4.78, 5) is 51.7. The molecule has 8 rings (SSSR count). The number of carbonyl (C=O) groups is 2. The molecule has 4 heterocycles. The first-order valence-electron chi connectivity index (χ1n) is 22.7. The number of sulfonamides is 1. The quantitative estimate of drug-likeness (QED) is 0.0747. The van der Waals surface area contributed by atoms with E-state index in [0.29, 0.717) is 31.1 Å². The average molecular weight is 970 g/mol. The van der Waals surface area contributed by atoms with Crippen LogP contribution in [0.5, 0.6) is 11.5 Å². The summed E-state index contributed by atoms with van der Waals surface area (Å²) in [7, 11) is -4.66. The Bertz CT molecular complexity index is 2840. The summed E-state index contributed by atoms with van der Waals surface area (Å²) in [5.41, 5.74) is 4.34. The number of nitrogens with one attached hydrogen (secondary N) is 3. The fourth-order valence-electron chi connectivity index (χ4n) is 8.81. The van der Waals surface area contributed by atoms with Crippen LogP contribution in [0, 0.1) is 15.5 Å². The topological polar surface area (TPSA) is 202 Å². The van der Waals surface area contributed by atoms with Crippen LogP contribution in [0.4, 0.5) is 21.9 Å². The van der Waals surface area contributed by atoms with Crippen LogP contribution in [0.3, 0.4) is 0 Å². The largest absolute Gasteiger partial charge is 0.455 e. The number of pyridine rings is 1. The third-order valence-corrected chi connectivity index (χ3v) is 14.0. The van der Waals surface area contributed by atoms with Crippen molar-refractivity contribution in [1.82, 2.24) is 24.5 Å². The molecule has 1 aliphatic carbocycles. The Labute approximate surface area is 401 Å². The van der Waals surface area contributed by atoms with Gasteiger partial charge in [0, 0.05) is 80.2 Å². The van der Waals surface area contributed by atoms with Gasteiger partial charge in [0.05, 0.1) is 40.8 Å². The summed E-state index contributed by atoms with van der Waals surface area (Å²) >= 11 is 6.25. The molecule has 3 N–H and O–H groups in total. The zero-order valence-electron chi connectivity index (χ0n) is 38.8. The molecule has 360 valence electrons. The lowest BCUT2D eigenvalue weighted by molar-refractivity contribution is -0.384. The van der Waals surface area contributed by atoms with Crippen LogP contribution < -0.4 is 19.7 Å². The number of halogens is 1. The minimum Gasteiger partial charge on any atom is -0.455 e. The molecule has 1 atom stereocenters. The van der Waals surface area contributed by atoms with E-state index in [1.165, 1.54) is 39.9 Å². The Morgan fingerprint density at radius 3 is 2.51 bits per heavy atom. The zero-order chi connectivity index (χ0) is 48.4. The van der Waals surface area contributed by atoms with Gasteiger partial charge in [-0.2, -0.15) is 0 Å². The second-order valence-corrected chi connectivity index (χ2v) is 21.3. The first kappa shape index (κ1) is 48.3. The molecule has 0 bridgehead atoms. The molecule has 1 unspecified atom stereocenters. The molecule has 0 saturated carbocycles. The minimum atomic E-state index is -4.66. The summed E-state index contributed by atoms with van der Waals surface area (Å²) in [5, 5.41) is 16.8. The van der Waals surface area contributed by atoms with Crippen molar-refractivity contribution in [3.05, 3.63) is 117 Å². The zero-order valence-corrected chi connectivity index (χ0v) is 40.4. The van der Waals surface area contributed by atoms with Crippen LogP contribution in [0.15, 0.2) is 95.7 Å². The van der Waals surface area contributed by atoms with E-state index in [1.807, 2.05) is 18.2 Å². The smallest absolute Gasteiger partial charge is 0.410 e. The average Bonchev–Trinajstić information content (AvgIpc) is 3.77. The molecular formula is C49H57ClN8O9S. The third kappa shape index (κ3) is 11.5. The van der Waals surface area contributed by atoms with E-state index in [1.54, 1.807) is 45.2 Å². The molecule has 2 saturated heterocycles. The lowest BCUT2D eigenvalue weighted by Crippen LogP contribution is -2.53. The molecule has 5 aromatic rings. The number of nitro groups is 1. The molecule has 3 aromatic carbocycles. The molecule has 2 amide bonds. The van der Waals surface area contributed by atoms with Crippen LogP contribution in [0.25, 0.3) is 16.6 Å². The number of anilines is 2. The highest BCUT2D eigenvalue weighted by Crippen LogP contribution is 2.43. The lowest BCUT2D eigenvalue weighted by atomic mass is 9.72. The maximum absolute atomic E-state index is 14.0. The molecule has 2 fully saturated rings. The SMILES string of the molecule is CC1(C)CCC(CN2CCN(c3ccc(C(=O)NS(=O)(=O)c4ccc(NCC5COCCN5C(=O)OC(C)(C)C)c([N+](=O)[O-])c4)c(Oc4cnc5[nH]ccc5c4)c3)CC2)=C(c2ccc(Cl)cc2)C1. The van der Waals surface area contributed by atoms with Gasteiger partial charge in [-0.25, -0.2) is 22.9 Å². The van der Waals surface area contributed by atoms with Crippen LogP contribution in [0.1, 0.15) is 69.8 Å². The van der Waals surface area contributed by atoms with Crippen molar-refractivity contribution in [3.8, 4) is 11.5 Å². The van der Waals surface area contributed by atoms with E-state index in [0.717, 1.165) is 67.1 Å². The molecule has 0 spiro atoms. The van der Waals surface area contributed by atoms with Crippen molar-refractivity contribution in [2.24, 2.45) is 5.41 Å². The predicted molar refractivity (Wildman–Crippen MR) is 261 cm³/mol. The van der Waals surface area contributed by atoms with Gasteiger partial charge in [-0.05, 0) is 105 Å². The number of nitrogens with zero attached hydrogens (tertiary/aromatic N) is 5. The first-order chi connectivity index (χ1) is 32.3. The van der Waals surface area contributed by atoms with E-state index >= 15 is 0 Å². The van der Waals surface area contributed by atoms with Crippen molar-refractivity contribution >= 4 is 67.3 Å². The molecule has 2 aromatic heterocycles. The highest BCUT2D eigenvalue weighted by atomic mass is 35.5. The maximum Gasteiger partial charge on any atom is 0.410 e. The number of amides is 2. The number of benzene rings is 3. The van der Waals surface area contributed by atoms with Crippen LogP contribution >= 0.6 is 11.6 Å². The van der Waals surface area contributed by atoms with Crippen molar-refractivity contribution in [2.75, 3.05) is 69.2 Å². The maximum atomic E-state index is 14.0. The molecule has 3 aliphatic rings. The van der Waals surface area contributed by atoms with Gasteiger partial charge in [0.25, 0.3) is 21.6 Å². The molecule has 68 heavy (non-hydrogen) atoms. The fourth-order valence-corrected chi connectivity index (χ4v) is 9.92. The van der Waals surface area contributed by atoms with E-state index in [-0.39, 0.29) is 42.1 Å². The number of carbonyl (C=O) groups excluding carboxylic acids is 2. The number of ether oxygens (including phenoxy) is 3. The molecule has 17 nitrogen and oxygen atoms in total. The number of H-pyrrole nitrogens is 1. The van der Waals surface area contributed by atoms with Gasteiger partial charge in [-0.3, -0.25) is 24.7 Å². The Kier molecular flexibility index (Phi) is 14.0. The van der Waals surface area contributed by atoms with Gasteiger partial charge in [0.15, 0.2) is 0 Å². The Morgan fingerprint density at radius 2 is 1.78 bits per heavy atom. The highest BCUT2D eigenvalue weighted by Gasteiger charge is 2.33. The summed E-state index contributed by atoms with van der Waals surface area (Å²) in [6, 6.07) is 19.5. The number of hydrogen-bond acceptors (Lipinski definition) is 13. The number of allylic oxidation sites excluding steroid dienone is 1. The van der Waals surface area contributed by atoms with Crippen molar-refractivity contribution in [1.29, 1.82) is 0 Å². The first-order valence-corrected chi connectivity index (χ1v) is 24.5. The van der Waals surface area contributed by atoms with Crippen molar-refractivity contribution < 1.29 is 37.1 Å². The number of fused-ring (bicyclic) bond motifs is 1. The van der Waals surface area contributed by atoms with Crippen LogP contribution in [-0.2, 0) is 19.5 Å². The van der Waals surface area contributed by atoms with Gasteiger partial charge >= 0.3 is 6.09 Å². The number of rotatable bonds is 13. The Morgan fingerprint density at radius 1 is 1.01 bits per heavy atom. The Balaban J connectivity index is 0.989. The van der Waals surface area contributed by atoms with Gasteiger partial charge < -0.3 is 29.4 Å². The summed E-state index contributed by atoms with van der Waals surface area (Å²) < 4.78 is 47.2. The standard InChI is InChI=1S/C49H57ClN8O9S/c1-48(2,3)67-47(60)57-22-23-65-31-37(57)28-52-42-13-11-39(26-43(42)58(61)62)68(63,64)54-46(59)40-12-10-36(25-44(40)66-38-24-33-15-17-51-45(33)53-29-38)56-20-18-55(19-21-56)30-34-14-16-49(4,5)27-41(34)32-6-8-35(50)9-7-32/h6-13,15,17,24-26,29,37,52H,14,16,18-23,27-28,30-31H2,1-5H3,(H,51,53)(H,54,59). The normalized spacial score (nSPS) is 18.1.